The minimum Gasteiger partial charge on any atom is -0.496 e. The third kappa shape index (κ3) is 4.38. The average molecular weight is 453 g/mol. The van der Waals surface area contributed by atoms with Crippen LogP contribution >= 0.6 is 11.6 Å². The summed E-state index contributed by atoms with van der Waals surface area (Å²) in [6.07, 6.45) is 0. The normalized spacial score (nSPS) is 10.3. The summed E-state index contributed by atoms with van der Waals surface area (Å²) in [5, 5.41) is 12.5. The van der Waals surface area contributed by atoms with Gasteiger partial charge in [-0.1, -0.05) is 29.8 Å². The Morgan fingerprint density at radius 1 is 1.22 bits per heavy atom. The summed E-state index contributed by atoms with van der Waals surface area (Å²) >= 11 is 5.98. The first-order chi connectivity index (χ1) is 15.3. The Morgan fingerprint density at radius 2 is 1.91 bits per heavy atom. The fourth-order valence-electron chi connectivity index (χ4n) is 3.24. The smallest absolute Gasteiger partial charge is 0.342 e. The van der Waals surface area contributed by atoms with Crippen molar-refractivity contribution in [1.29, 1.82) is 5.26 Å². The molecule has 32 heavy (non-hydrogen) atoms. The largest absolute Gasteiger partial charge is 0.496 e. The number of esters is 1. The van der Waals surface area contributed by atoms with Gasteiger partial charge in [-0.3, -0.25) is 9.36 Å². The van der Waals surface area contributed by atoms with Crippen LogP contribution in [0, 0.1) is 25.2 Å². The molecule has 0 atom stereocenters. The topological polar surface area (TPSA) is 119 Å². The molecule has 164 valence electrons. The number of halogens is 1. The van der Waals surface area contributed by atoms with Gasteiger partial charge < -0.3 is 20.5 Å². The Morgan fingerprint density at radius 3 is 2.53 bits per heavy atom. The van der Waals surface area contributed by atoms with Crippen molar-refractivity contribution in [3.8, 4) is 17.5 Å². The lowest BCUT2D eigenvalue weighted by Gasteiger charge is -2.14. The molecule has 8 nitrogen and oxygen atoms in total. The number of para-hydroxylation sites is 1. The number of aromatic nitrogens is 1. The highest BCUT2D eigenvalue weighted by molar-refractivity contribution is 6.33. The number of rotatable bonds is 6. The van der Waals surface area contributed by atoms with Gasteiger partial charge in [0.25, 0.3) is 5.91 Å². The van der Waals surface area contributed by atoms with Crippen molar-refractivity contribution < 1.29 is 19.1 Å². The lowest BCUT2D eigenvalue weighted by Crippen LogP contribution is -2.23. The molecule has 0 radical (unpaired) electrons. The molecule has 0 aliphatic rings. The maximum Gasteiger partial charge on any atom is 0.342 e. The molecule has 3 aromatic rings. The van der Waals surface area contributed by atoms with Crippen LogP contribution in [0.25, 0.3) is 5.69 Å². The standard InChI is InChI=1S/C23H21ClN4O4/c1-13-14(2)28(15-7-5-4-6-8-15)22(17(13)11-25)27-21(29)12-32-23(30)16-9-18(24)19(26)10-20(16)31-3/h4-10H,12,26H2,1-3H3,(H,27,29). The van der Waals surface area contributed by atoms with Gasteiger partial charge in [0, 0.05) is 17.4 Å². The minimum atomic E-state index is -0.801. The van der Waals surface area contributed by atoms with Gasteiger partial charge in [-0.05, 0) is 37.6 Å². The van der Waals surface area contributed by atoms with Crippen molar-refractivity contribution in [1.82, 2.24) is 4.57 Å². The number of ether oxygens (including phenoxy) is 2. The van der Waals surface area contributed by atoms with Crippen molar-refractivity contribution in [2.24, 2.45) is 0 Å². The Balaban J connectivity index is 1.82. The molecular weight excluding hydrogens is 432 g/mol. The molecule has 0 unspecified atom stereocenters. The molecule has 2 aromatic carbocycles. The number of hydrogen-bond acceptors (Lipinski definition) is 6. The van der Waals surface area contributed by atoms with Gasteiger partial charge >= 0.3 is 5.97 Å². The summed E-state index contributed by atoms with van der Waals surface area (Å²) in [6.45, 7) is 3.09. The highest BCUT2D eigenvalue weighted by atomic mass is 35.5. The van der Waals surface area contributed by atoms with Crippen molar-refractivity contribution in [2.75, 3.05) is 24.8 Å². The monoisotopic (exact) mass is 452 g/mol. The Bertz CT molecular complexity index is 1230. The van der Waals surface area contributed by atoms with Gasteiger partial charge in [0.15, 0.2) is 6.61 Å². The molecule has 1 heterocycles. The van der Waals surface area contributed by atoms with Crippen LogP contribution in [0.4, 0.5) is 11.5 Å². The summed E-state index contributed by atoms with van der Waals surface area (Å²) in [7, 11) is 1.37. The Labute approximate surface area is 190 Å². The molecule has 0 aliphatic heterocycles. The predicted molar refractivity (Wildman–Crippen MR) is 121 cm³/mol. The lowest BCUT2D eigenvalue weighted by atomic mass is 10.2. The van der Waals surface area contributed by atoms with Crippen molar-refractivity contribution in [2.45, 2.75) is 13.8 Å². The van der Waals surface area contributed by atoms with Crippen LogP contribution in [0.3, 0.4) is 0 Å². The lowest BCUT2D eigenvalue weighted by molar-refractivity contribution is -0.119. The van der Waals surface area contributed by atoms with Crippen molar-refractivity contribution >= 4 is 35.0 Å². The van der Waals surface area contributed by atoms with Gasteiger partial charge in [0.05, 0.1) is 23.4 Å². The van der Waals surface area contributed by atoms with Crippen LogP contribution in [0.5, 0.6) is 5.75 Å². The van der Waals surface area contributed by atoms with E-state index < -0.39 is 18.5 Å². The first kappa shape index (κ1) is 22.7. The SMILES string of the molecule is COc1cc(N)c(Cl)cc1C(=O)OCC(=O)Nc1c(C#N)c(C)c(C)n1-c1ccccc1. The molecule has 1 amide bonds. The molecule has 0 aliphatic carbocycles. The Hall–Kier alpha value is -3.96. The fourth-order valence-corrected chi connectivity index (χ4v) is 3.40. The number of nitrogens with two attached hydrogens (primary N) is 1. The fraction of sp³-hybridized carbons (Fsp3) is 0.174. The number of carbonyl (C=O) groups is 2. The molecule has 1 aromatic heterocycles. The van der Waals surface area contributed by atoms with E-state index >= 15 is 0 Å². The van der Waals surface area contributed by atoms with E-state index in [9.17, 15) is 14.9 Å². The van der Waals surface area contributed by atoms with Gasteiger partial charge in [0.1, 0.15) is 23.2 Å². The first-order valence-corrected chi connectivity index (χ1v) is 9.93. The van der Waals surface area contributed by atoms with Crippen molar-refractivity contribution in [3.05, 3.63) is 69.9 Å². The van der Waals surface area contributed by atoms with Crippen LogP contribution in [0.1, 0.15) is 27.2 Å². The second-order valence-corrected chi connectivity index (χ2v) is 7.32. The van der Waals surface area contributed by atoms with Crippen LogP contribution < -0.4 is 15.8 Å². The maximum absolute atomic E-state index is 12.6. The van der Waals surface area contributed by atoms with E-state index in [1.165, 1.54) is 19.2 Å². The van der Waals surface area contributed by atoms with E-state index in [1.807, 2.05) is 37.3 Å². The number of nitrogens with one attached hydrogen (secondary N) is 1. The second kappa shape index (κ2) is 9.45. The zero-order valence-corrected chi connectivity index (χ0v) is 18.5. The number of benzene rings is 2. The molecule has 0 spiro atoms. The summed E-state index contributed by atoms with van der Waals surface area (Å²) in [5.41, 5.74) is 8.66. The molecular formula is C23H21ClN4O4. The number of nitrogens with zero attached hydrogens (tertiary/aromatic N) is 2. The predicted octanol–water partition coefficient (Wildman–Crippen LogP) is 4.01. The van der Waals surface area contributed by atoms with Gasteiger partial charge in [0.2, 0.25) is 0 Å². The van der Waals surface area contributed by atoms with E-state index in [0.717, 1.165) is 16.9 Å². The highest BCUT2D eigenvalue weighted by Crippen LogP contribution is 2.31. The molecule has 3 rings (SSSR count). The third-order valence-corrected chi connectivity index (χ3v) is 5.30. The molecule has 0 saturated carbocycles. The highest BCUT2D eigenvalue weighted by Gasteiger charge is 2.22. The van der Waals surface area contributed by atoms with E-state index in [1.54, 1.807) is 11.5 Å². The van der Waals surface area contributed by atoms with Gasteiger partial charge in [-0.25, -0.2) is 4.79 Å². The minimum absolute atomic E-state index is 0.0385. The number of carbonyl (C=O) groups excluding carboxylic acids is 2. The van der Waals surface area contributed by atoms with Crippen LogP contribution in [0.2, 0.25) is 5.02 Å². The van der Waals surface area contributed by atoms with Crippen LogP contribution in [-0.4, -0.2) is 30.2 Å². The van der Waals surface area contributed by atoms with Crippen molar-refractivity contribution in [3.63, 3.8) is 0 Å². The molecule has 0 bridgehead atoms. The van der Waals surface area contributed by atoms with E-state index in [4.69, 9.17) is 26.8 Å². The summed E-state index contributed by atoms with van der Waals surface area (Å²) in [5.74, 6) is -0.925. The van der Waals surface area contributed by atoms with Crippen LogP contribution in [0.15, 0.2) is 42.5 Å². The summed E-state index contributed by atoms with van der Waals surface area (Å²) in [6, 6.07) is 14.2. The Kier molecular flexibility index (Phi) is 6.71. The first-order valence-electron chi connectivity index (χ1n) is 9.55. The van der Waals surface area contributed by atoms with E-state index in [2.05, 4.69) is 11.4 Å². The van der Waals surface area contributed by atoms with Gasteiger partial charge in [-0.15, -0.1) is 0 Å². The number of methoxy groups -OCH3 is 1. The van der Waals surface area contributed by atoms with Crippen LogP contribution in [-0.2, 0) is 9.53 Å². The second-order valence-electron chi connectivity index (χ2n) is 6.92. The van der Waals surface area contributed by atoms with Gasteiger partial charge in [-0.2, -0.15) is 5.26 Å². The summed E-state index contributed by atoms with van der Waals surface area (Å²) in [4.78, 5) is 25.1. The van der Waals surface area contributed by atoms with E-state index in [0.29, 0.717) is 11.4 Å². The quantitative estimate of drug-likeness (QED) is 0.430. The molecule has 0 fully saturated rings. The molecule has 0 saturated heterocycles. The zero-order chi connectivity index (χ0) is 23.4. The zero-order valence-electron chi connectivity index (χ0n) is 17.7. The number of hydrogen-bond donors (Lipinski definition) is 2. The third-order valence-electron chi connectivity index (χ3n) is 4.97. The summed E-state index contributed by atoms with van der Waals surface area (Å²) < 4.78 is 12.0. The maximum atomic E-state index is 12.6. The number of anilines is 2. The molecule has 3 N–H and O–H groups in total. The number of amides is 1. The molecule has 9 heteroatoms. The average Bonchev–Trinajstić information content (AvgIpc) is 3.02. The number of nitrogen functional groups attached to an aromatic ring is 1. The number of nitriles is 1. The van der Waals surface area contributed by atoms with E-state index in [-0.39, 0.29) is 22.0 Å².